The van der Waals surface area contributed by atoms with E-state index in [4.69, 9.17) is 23.2 Å². The zero-order valence-electron chi connectivity index (χ0n) is 13.2. The van der Waals surface area contributed by atoms with E-state index in [-0.39, 0.29) is 16.8 Å². The summed E-state index contributed by atoms with van der Waals surface area (Å²) in [5.74, 6) is -0.540. The Labute approximate surface area is 148 Å². The van der Waals surface area contributed by atoms with Crippen molar-refractivity contribution in [1.29, 1.82) is 0 Å². The van der Waals surface area contributed by atoms with Crippen LogP contribution in [0.4, 0.5) is 4.39 Å². The van der Waals surface area contributed by atoms with E-state index in [0.717, 1.165) is 12.8 Å². The summed E-state index contributed by atoms with van der Waals surface area (Å²) in [6, 6.07) is 4.47. The molecule has 3 rings (SSSR count). The maximum atomic E-state index is 13.9. The van der Waals surface area contributed by atoms with Crippen LogP contribution in [0.5, 0.6) is 0 Å². The summed E-state index contributed by atoms with van der Waals surface area (Å²) in [4.78, 5) is 19.4. The fourth-order valence-electron chi connectivity index (χ4n) is 3.00. The highest BCUT2D eigenvalue weighted by Crippen LogP contribution is 2.36. The molecule has 0 saturated heterocycles. The van der Waals surface area contributed by atoms with Gasteiger partial charge >= 0.3 is 5.69 Å². The van der Waals surface area contributed by atoms with Crippen LogP contribution in [0.1, 0.15) is 32.7 Å². The molecule has 0 saturated carbocycles. The quantitative estimate of drug-likeness (QED) is 0.688. The lowest BCUT2D eigenvalue weighted by molar-refractivity contribution is 0.472. The molecule has 0 aliphatic rings. The normalized spacial score (nSPS) is 11.6. The van der Waals surface area contributed by atoms with E-state index in [1.807, 2.05) is 13.8 Å². The van der Waals surface area contributed by atoms with Crippen LogP contribution in [0.3, 0.4) is 0 Å². The predicted molar refractivity (Wildman–Crippen MR) is 95.4 cm³/mol. The molecular formula is C17H16Cl2FN3O. The van der Waals surface area contributed by atoms with Crippen molar-refractivity contribution in [2.75, 3.05) is 0 Å². The molecule has 24 heavy (non-hydrogen) atoms. The number of aromatic amines is 1. The number of fused-ring (bicyclic) bond motifs is 1. The van der Waals surface area contributed by atoms with Gasteiger partial charge in [0, 0.05) is 17.8 Å². The van der Waals surface area contributed by atoms with Crippen LogP contribution in [-0.2, 0) is 0 Å². The van der Waals surface area contributed by atoms with Gasteiger partial charge < -0.3 is 0 Å². The molecule has 0 radical (unpaired) electrons. The monoisotopic (exact) mass is 367 g/mol. The fraction of sp³-hybridized carbons (Fsp3) is 0.294. The second kappa shape index (κ2) is 6.57. The average molecular weight is 368 g/mol. The Kier molecular flexibility index (Phi) is 4.65. The lowest BCUT2D eigenvalue weighted by atomic mass is 10.0. The van der Waals surface area contributed by atoms with E-state index in [2.05, 4.69) is 9.97 Å². The van der Waals surface area contributed by atoms with Gasteiger partial charge in [-0.3, -0.25) is 9.55 Å². The number of aromatic nitrogens is 3. The minimum atomic E-state index is -0.540. The van der Waals surface area contributed by atoms with Gasteiger partial charge in [0.05, 0.1) is 15.6 Å². The Morgan fingerprint density at radius 3 is 2.58 bits per heavy atom. The van der Waals surface area contributed by atoms with Crippen LogP contribution in [0.15, 0.2) is 29.2 Å². The van der Waals surface area contributed by atoms with E-state index < -0.39 is 5.82 Å². The molecule has 0 aliphatic heterocycles. The minimum absolute atomic E-state index is 0.00224. The van der Waals surface area contributed by atoms with Gasteiger partial charge in [-0.05, 0) is 30.5 Å². The molecule has 126 valence electrons. The Bertz CT molecular complexity index is 960. The van der Waals surface area contributed by atoms with Gasteiger partial charge in [0.1, 0.15) is 5.82 Å². The van der Waals surface area contributed by atoms with E-state index in [0.29, 0.717) is 27.3 Å². The van der Waals surface area contributed by atoms with Crippen molar-refractivity contribution in [2.24, 2.45) is 0 Å². The van der Waals surface area contributed by atoms with Crippen molar-refractivity contribution in [3.05, 3.63) is 50.7 Å². The van der Waals surface area contributed by atoms with Gasteiger partial charge in [-0.1, -0.05) is 43.1 Å². The van der Waals surface area contributed by atoms with Crippen molar-refractivity contribution in [1.82, 2.24) is 14.5 Å². The first-order valence-electron chi connectivity index (χ1n) is 7.72. The number of imidazole rings is 1. The average Bonchev–Trinajstić information content (AvgIpc) is 2.88. The third-order valence-electron chi connectivity index (χ3n) is 4.21. The van der Waals surface area contributed by atoms with Crippen LogP contribution in [0.2, 0.25) is 10.0 Å². The third kappa shape index (κ3) is 2.72. The largest absolute Gasteiger partial charge is 0.327 e. The van der Waals surface area contributed by atoms with Gasteiger partial charge in [0.25, 0.3) is 0 Å². The summed E-state index contributed by atoms with van der Waals surface area (Å²) in [6.45, 7) is 4.03. The first-order valence-corrected chi connectivity index (χ1v) is 8.47. The highest BCUT2D eigenvalue weighted by molar-refractivity contribution is 6.34. The number of pyridine rings is 1. The third-order valence-corrected chi connectivity index (χ3v) is 4.80. The zero-order valence-corrected chi connectivity index (χ0v) is 14.7. The topological polar surface area (TPSA) is 50.7 Å². The number of nitrogens with zero attached hydrogens (tertiary/aromatic N) is 2. The number of H-pyrrole nitrogens is 1. The van der Waals surface area contributed by atoms with Gasteiger partial charge in [0.2, 0.25) is 0 Å². The molecule has 0 atom stereocenters. The summed E-state index contributed by atoms with van der Waals surface area (Å²) in [5, 5.41) is 0.384. The molecule has 4 nitrogen and oxygen atoms in total. The highest BCUT2D eigenvalue weighted by Gasteiger charge is 2.21. The Morgan fingerprint density at radius 1 is 1.25 bits per heavy atom. The van der Waals surface area contributed by atoms with Crippen LogP contribution in [0.25, 0.3) is 22.3 Å². The van der Waals surface area contributed by atoms with Gasteiger partial charge in [-0.15, -0.1) is 0 Å². The Hall–Kier alpha value is -1.85. The van der Waals surface area contributed by atoms with Crippen LogP contribution >= 0.6 is 23.2 Å². The summed E-state index contributed by atoms with van der Waals surface area (Å²) in [7, 11) is 0. The van der Waals surface area contributed by atoms with Crippen molar-refractivity contribution in [2.45, 2.75) is 32.7 Å². The molecule has 7 heteroatoms. The molecule has 1 aromatic carbocycles. The molecule has 2 aromatic heterocycles. The number of hydrogen-bond donors (Lipinski definition) is 1. The Balaban J connectivity index is 2.40. The Morgan fingerprint density at radius 2 is 1.96 bits per heavy atom. The number of rotatable bonds is 4. The SMILES string of the molecule is CCC(CC)n1c(=O)[nH]c2ncc(Cl)c(-c3ccc(Cl)c(F)c3)c21. The molecule has 0 fully saturated rings. The maximum Gasteiger partial charge on any atom is 0.327 e. The van der Waals surface area contributed by atoms with Crippen molar-refractivity contribution >= 4 is 34.4 Å². The van der Waals surface area contributed by atoms with Crippen molar-refractivity contribution in [3.63, 3.8) is 0 Å². The second-order valence-corrected chi connectivity index (χ2v) is 6.39. The summed E-state index contributed by atoms with van der Waals surface area (Å²) in [6.07, 6.45) is 3.02. The highest BCUT2D eigenvalue weighted by atomic mass is 35.5. The van der Waals surface area contributed by atoms with Gasteiger partial charge in [-0.2, -0.15) is 0 Å². The molecule has 0 unspecified atom stereocenters. The lowest BCUT2D eigenvalue weighted by Crippen LogP contribution is -2.21. The molecule has 0 amide bonds. The zero-order chi connectivity index (χ0) is 17.4. The lowest BCUT2D eigenvalue weighted by Gasteiger charge is -2.17. The van der Waals surface area contributed by atoms with Gasteiger partial charge in [-0.25, -0.2) is 14.2 Å². The molecule has 1 N–H and O–H groups in total. The molecule has 3 aromatic rings. The number of hydrogen-bond acceptors (Lipinski definition) is 2. The predicted octanol–water partition coefficient (Wildman–Crippen LogP) is 5.20. The number of halogens is 3. The maximum absolute atomic E-state index is 13.9. The van der Waals surface area contributed by atoms with Crippen molar-refractivity contribution in [3.8, 4) is 11.1 Å². The van der Waals surface area contributed by atoms with E-state index in [1.54, 1.807) is 10.6 Å². The van der Waals surface area contributed by atoms with Crippen molar-refractivity contribution < 1.29 is 4.39 Å². The summed E-state index contributed by atoms with van der Waals surface area (Å²) >= 11 is 12.1. The molecule has 0 aliphatic carbocycles. The molecular weight excluding hydrogens is 352 g/mol. The summed E-state index contributed by atoms with van der Waals surface area (Å²) in [5.41, 5.74) is 1.89. The first-order chi connectivity index (χ1) is 11.5. The number of nitrogens with one attached hydrogen (secondary N) is 1. The molecule has 0 bridgehead atoms. The van der Waals surface area contributed by atoms with Gasteiger partial charge in [0.15, 0.2) is 5.65 Å². The van der Waals surface area contributed by atoms with E-state index >= 15 is 0 Å². The van der Waals surface area contributed by atoms with Crippen LogP contribution in [-0.4, -0.2) is 14.5 Å². The molecule has 0 spiro atoms. The molecule has 2 heterocycles. The van der Waals surface area contributed by atoms with Crippen LogP contribution < -0.4 is 5.69 Å². The standard InChI is InChI=1S/C17H16Cl2FN3O/c1-3-10(4-2)23-15-14(9-5-6-11(18)13(20)7-9)12(19)8-21-16(15)22-17(23)24/h5-8,10H,3-4H2,1-2H3,(H,21,22,24). The first kappa shape index (κ1) is 17.0. The fourth-order valence-corrected chi connectivity index (χ4v) is 3.36. The number of benzene rings is 1. The summed E-state index contributed by atoms with van der Waals surface area (Å²) < 4.78 is 15.6. The smallest absolute Gasteiger partial charge is 0.290 e. The van der Waals surface area contributed by atoms with E-state index in [1.165, 1.54) is 18.3 Å². The second-order valence-electron chi connectivity index (χ2n) is 5.58. The van der Waals surface area contributed by atoms with Crippen LogP contribution in [0, 0.1) is 5.82 Å². The minimum Gasteiger partial charge on any atom is -0.290 e. The van der Waals surface area contributed by atoms with E-state index in [9.17, 15) is 9.18 Å².